The molecule has 0 aliphatic carbocycles. The summed E-state index contributed by atoms with van der Waals surface area (Å²) in [5, 5.41) is 3.40. The van der Waals surface area contributed by atoms with Gasteiger partial charge in [0.25, 0.3) is 0 Å². The topological polar surface area (TPSA) is 50.3 Å². The monoisotopic (exact) mass is 326 g/mol. The molecule has 0 unspecified atom stereocenters. The minimum atomic E-state index is 0.510. The summed E-state index contributed by atoms with van der Waals surface area (Å²) < 4.78 is 5.91. The Morgan fingerprint density at radius 1 is 1.17 bits per heavy atom. The number of hydrogen-bond acceptors (Lipinski definition) is 5. The average molecular weight is 326 g/mol. The second-order valence-corrected chi connectivity index (χ2v) is 6.62. The Labute approximate surface area is 144 Å². The van der Waals surface area contributed by atoms with Gasteiger partial charge in [-0.2, -0.15) is 0 Å². The number of benzene rings is 1. The fourth-order valence-corrected chi connectivity index (χ4v) is 2.80. The van der Waals surface area contributed by atoms with Crippen LogP contribution < -0.4 is 15.0 Å². The molecule has 3 rings (SSSR count). The van der Waals surface area contributed by atoms with E-state index in [0.717, 1.165) is 42.6 Å². The van der Waals surface area contributed by atoms with Gasteiger partial charge in [-0.1, -0.05) is 32.0 Å². The van der Waals surface area contributed by atoms with Gasteiger partial charge in [0.15, 0.2) is 0 Å². The summed E-state index contributed by atoms with van der Waals surface area (Å²) >= 11 is 0. The van der Waals surface area contributed by atoms with Gasteiger partial charge in [-0.05, 0) is 24.8 Å². The number of hydrogen-bond donors (Lipinski definition) is 1. The third kappa shape index (κ3) is 4.37. The fourth-order valence-electron chi connectivity index (χ4n) is 2.80. The predicted octanol–water partition coefficient (Wildman–Crippen LogP) is 3.72. The molecule has 128 valence electrons. The van der Waals surface area contributed by atoms with Crippen LogP contribution in [0.1, 0.15) is 32.3 Å². The van der Waals surface area contributed by atoms with Crippen molar-refractivity contribution in [2.45, 2.75) is 33.2 Å². The molecular formula is C19H26N4O. The number of anilines is 2. The maximum atomic E-state index is 5.91. The van der Waals surface area contributed by atoms with Crippen LogP contribution in [0.15, 0.2) is 36.7 Å². The fraction of sp³-hybridized carbons (Fsp3) is 0.474. The average Bonchev–Trinajstić information content (AvgIpc) is 3.14. The predicted molar refractivity (Wildman–Crippen MR) is 97.6 cm³/mol. The number of aromatic nitrogens is 2. The lowest BCUT2D eigenvalue weighted by Gasteiger charge is -2.17. The molecule has 0 radical (unpaired) electrons. The molecule has 5 nitrogen and oxygen atoms in total. The van der Waals surface area contributed by atoms with Gasteiger partial charge in [0, 0.05) is 31.3 Å². The van der Waals surface area contributed by atoms with Crippen molar-refractivity contribution in [2.24, 2.45) is 5.92 Å². The Hall–Kier alpha value is -2.30. The molecule has 1 aromatic heterocycles. The first kappa shape index (κ1) is 16.6. The second-order valence-electron chi connectivity index (χ2n) is 6.62. The lowest BCUT2D eigenvalue weighted by Crippen LogP contribution is -2.19. The van der Waals surface area contributed by atoms with Crippen LogP contribution >= 0.6 is 0 Å². The summed E-state index contributed by atoms with van der Waals surface area (Å²) in [6, 6.07) is 10.2. The first-order valence-corrected chi connectivity index (χ1v) is 8.74. The Morgan fingerprint density at radius 3 is 2.75 bits per heavy atom. The molecule has 2 heterocycles. The minimum absolute atomic E-state index is 0.510. The SMILES string of the molecule is CC(C)COc1ccccc1CNc1cc(N2CCCC2)ncn1. The highest BCUT2D eigenvalue weighted by molar-refractivity contribution is 5.49. The molecule has 1 aliphatic rings. The molecule has 1 fully saturated rings. The van der Waals surface area contributed by atoms with Crippen LogP contribution in [-0.4, -0.2) is 29.7 Å². The highest BCUT2D eigenvalue weighted by Gasteiger charge is 2.14. The van der Waals surface area contributed by atoms with Crippen molar-refractivity contribution in [1.82, 2.24) is 9.97 Å². The summed E-state index contributed by atoms with van der Waals surface area (Å²) in [6.07, 6.45) is 4.12. The van der Waals surface area contributed by atoms with Crippen molar-refractivity contribution in [3.8, 4) is 5.75 Å². The number of nitrogens with one attached hydrogen (secondary N) is 1. The normalized spacial score (nSPS) is 14.2. The van der Waals surface area contributed by atoms with Gasteiger partial charge in [0.05, 0.1) is 6.61 Å². The van der Waals surface area contributed by atoms with Gasteiger partial charge in [0.1, 0.15) is 23.7 Å². The summed E-state index contributed by atoms with van der Waals surface area (Å²) in [5.41, 5.74) is 1.14. The van der Waals surface area contributed by atoms with Gasteiger partial charge in [-0.3, -0.25) is 0 Å². The van der Waals surface area contributed by atoms with Gasteiger partial charge in [-0.25, -0.2) is 9.97 Å². The number of para-hydroxylation sites is 1. The van der Waals surface area contributed by atoms with Gasteiger partial charge < -0.3 is 15.0 Å². The maximum absolute atomic E-state index is 5.91. The zero-order valence-electron chi connectivity index (χ0n) is 14.5. The van der Waals surface area contributed by atoms with E-state index in [1.807, 2.05) is 24.3 Å². The highest BCUT2D eigenvalue weighted by Crippen LogP contribution is 2.22. The molecule has 1 saturated heterocycles. The lowest BCUT2D eigenvalue weighted by molar-refractivity contribution is 0.269. The van der Waals surface area contributed by atoms with Crippen LogP contribution in [0.3, 0.4) is 0 Å². The first-order valence-electron chi connectivity index (χ1n) is 8.74. The Bertz CT molecular complexity index is 653. The van der Waals surface area contributed by atoms with Crippen LogP contribution in [-0.2, 0) is 6.54 Å². The van der Waals surface area contributed by atoms with E-state index in [4.69, 9.17) is 4.74 Å². The van der Waals surface area contributed by atoms with Crippen molar-refractivity contribution < 1.29 is 4.74 Å². The molecule has 0 atom stereocenters. The van der Waals surface area contributed by atoms with Crippen molar-refractivity contribution in [3.05, 3.63) is 42.2 Å². The minimum Gasteiger partial charge on any atom is -0.493 e. The molecular weight excluding hydrogens is 300 g/mol. The van der Waals surface area contributed by atoms with Gasteiger partial charge in [0.2, 0.25) is 0 Å². The summed E-state index contributed by atoms with van der Waals surface area (Å²) in [7, 11) is 0. The zero-order chi connectivity index (χ0) is 16.8. The van der Waals surface area contributed by atoms with E-state index >= 15 is 0 Å². The number of ether oxygens (including phenoxy) is 1. The van der Waals surface area contributed by atoms with Crippen LogP contribution in [0.2, 0.25) is 0 Å². The third-order valence-corrected chi connectivity index (χ3v) is 4.09. The van der Waals surface area contributed by atoms with Crippen molar-refractivity contribution >= 4 is 11.6 Å². The Morgan fingerprint density at radius 2 is 1.96 bits per heavy atom. The molecule has 5 heteroatoms. The summed E-state index contributed by atoms with van der Waals surface area (Å²) in [6.45, 7) is 7.89. The van der Waals surface area contributed by atoms with Gasteiger partial charge >= 0.3 is 0 Å². The van der Waals surface area contributed by atoms with Crippen LogP contribution in [0.25, 0.3) is 0 Å². The Kier molecular flexibility index (Phi) is 5.51. The van der Waals surface area contributed by atoms with Gasteiger partial charge in [-0.15, -0.1) is 0 Å². The highest BCUT2D eigenvalue weighted by atomic mass is 16.5. The van der Waals surface area contributed by atoms with E-state index in [1.54, 1.807) is 6.33 Å². The smallest absolute Gasteiger partial charge is 0.134 e. The van der Waals surface area contributed by atoms with E-state index in [-0.39, 0.29) is 0 Å². The van der Waals surface area contributed by atoms with Crippen LogP contribution in [0.4, 0.5) is 11.6 Å². The molecule has 1 N–H and O–H groups in total. The van der Waals surface area contributed by atoms with Crippen molar-refractivity contribution in [3.63, 3.8) is 0 Å². The first-order chi connectivity index (χ1) is 11.7. The molecule has 1 aromatic carbocycles. The maximum Gasteiger partial charge on any atom is 0.134 e. The quantitative estimate of drug-likeness (QED) is 0.840. The number of rotatable bonds is 7. The standard InChI is InChI=1S/C19H26N4O/c1-15(2)13-24-17-8-4-3-7-16(17)12-20-18-11-19(22-14-21-18)23-9-5-6-10-23/h3-4,7-8,11,14-15H,5-6,9-10,12-13H2,1-2H3,(H,20,21,22). The van der Waals surface area contributed by atoms with E-state index in [9.17, 15) is 0 Å². The van der Waals surface area contributed by atoms with Crippen LogP contribution in [0.5, 0.6) is 5.75 Å². The zero-order valence-corrected chi connectivity index (χ0v) is 14.5. The van der Waals surface area contributed by atoms with E-state index in [2.05, 4.69) is 40.1 Å². The molecule has 0 amide bonds. The largest absolute Gasteiger partial charge is 0.493 e. The van der Waals surface area contributed by atoms with Crippen LogP contribution in [0, 0.1) is 5.92 Å². The van der Waals surface area contributed by atoms with Crippen molar-refractivity contribution in [1.29, 1.82) is 0 Å². The molecule has 0 saturated carbocycles. The summed E-state index contributed by atoms with van der Waals surface area (Å²) in [4.78, 5) is 11.0. The number of nitrogens with zero attached hydrogens (tertiary/aromatic N) is 3. The molecule has 2 aromatic rings. The molecule has 0 bridgehead atoms. The Balaban J connectivity index is 1.64. The lowest BCUT2D eigenvalue weighted by atomic mass is 10.2. The van der Waals surface area contributed by atoms with E-state index in [1.165, 1.54) is 12.8 Å². The third-order valence-electron chi connectivity index (χ3n) is 4.09. The molecule has 0 spiro atoms. The van der Waals surface area contributed by atoms with Crippen molar-refractivity contribution in [2.75, 3.05) is 29.9 Å². The second kappa shape index (κ2) is 7.99. The molecule has 1 aliphatic heterocycles. The molecule has 24 heavy (non-hydrogen) atoms. The summed E-state index contributed by atoms with van der Waals surface area (Å²) in [5.74, 6) is 3.31. The van der Waals surface area contributed by atoms with E-state index < -0.39 is 0 Å². The van der Waals surface area contributed by atoms with E-state index in [0.29, 0.717) is 12.5 Å².